The number of likely N-dealkylation sites (N-methyl/N-ethyl adjacent to an activating group) is 1. The van der Waals surface area contributed by atoms with Crippen LogP contribution in [-0.2, 0) is 11.3 Å². The fourth-order valence-corrected chi connectivity index (χ4v) is 3.89. The summed E-state index contributed by atoms with van der Waals surface area (Å²) in [6, 6.07) is 4.05. The lowest BCUT2D eigenvalue weighted by molar-refractivity contribution is -0.132. The van der Waals surface area contributed by atoms with Crippen LogP contribution in [0.5, 0.6) is 0 Å². The summed E-state index contributed by atoms with van der Waals surface area (Å²) in [6.45, 7) is 14.6. The van der Waals surface area contributed by atoms with Crippen molar-refractivity contribution in [2.45, 2.75) is 20.4 Å². The van der Waals surface area contributed by atoms with E-state index in [-0.39, 0.29) is 5.91 Å². The van der Waals surface area contributed by atoms with E-state index in [2.05, 4.69) is 22.4 Å². The Morgan fingerprint density at radius 1 is 1.30 bits per heavy atom. The van der Waals surface area contributed by atoms with Gasteiger partial charge in [-0.15, -0.1) is 11.3 Å². The van der Waals surface area contributed by atoms with Gasteiger partial charge in [-0.1, -0.05) is 23.8 Å². The third kappa shape index (κ3) is 5.92. The maximum absolute atomic E-state index is 12.4. The van der Waals surface area contributed by atoms with Crippen molar-refractivity contribution in [2.75, 3.05) is 45.8 Å². The zero-order chi connectivity index (χ0) is 16.8. The molecular formula is C17H26ClN3OS. The molecule has 0 radical (unpaired) electrons. The van der Waals surface area contributed by atoms with E-state index in [0.717, 1.165) is 49.2 Å². The van der Waals surface area contributed by atoms with Crippen molar-refractivity contribution in [3.05, 3.63) is 33.5 Å². The molecule has 0 saturated carbocycles. The summed E-state index contributed by atoms with van der Waals surface area (Å²) in [5.74, 6) is 0.203. The van der Waals surface area contributed by atoms with E-state index in [1.165, 1.54) is 4.88 Å². The second-order valence-corrected chi connectivity index (χ2v) is 7.92. The second-order valence-electron chi connectivity index (χ2n) is 6.12. The summed E-state index contributed by atoms with van der Waals surface area (Å²) < 4.78 is 0.849. The number of carbonyl (C=O) groups is 1. The molecule has 0 N–H and O–H groups in total. The number of carbonyl (C=O) groups excluding carboxylic acids is 1. The predicted octanol–water partition coefficient (Wildman–Crippen LogP) is 2.94. The number of thiophene rings is 1. The van der Waals surface area contributed by atoms with Crippen LogP contribution in [0.25, 0.3) is 0 Å². The number of halogens is 1. The number of nitrogens with zero attached hydrogens (tertiary/aromatic N) is 3. The summed E-state index contributed by atoms with van der Waals surface area (Å²) >= 11 is 7.63. The highest BCUT2D eigenvalue weighted by Gasteiger charge is 2.21. The van der Waals surface area contributed by atoms with Gasteiger partial charge >= 0.3 is 0 Å². The third-order valence-electron chi connectivity index (χ3n) is 4.03. The van der Waals surface area contributed by atoms with Crippen molar-refractivity contribution in [3.8, 4) is 0 Å². The monoisotopic (exact) mass is 355 g/mol. The van der Waals surface area contributed by atoms with Gasteiger partial charge in [0.2, 0.25) is 5.91 Å². The van der Waals surface area contributed by atoms with E-state index < -0.39 is 0 Å². The Kier molecular flexibility index (Phi) is 7.09. The summed E-state index contributed by atoms with van der Waals surface area (Å²) in [5, 5.41) is 0. The average molecular weight is 356 g/mol. The predicted molar refractivity (Wildman–Crippen MR) is 98.1 cm³/mol. The van der Waals surface area contributed by atoms with Crippen molar-refractivity contribution in [1.29, 1.82) is 0 Å². The molecule has 1 aliphatic rings. The SMILES string of the molecule is C=C(C)CN(CC)C(=O)CN1CCN(Cc2ccc(Cl)s2)CC1. The molecule has 0 unspecified atom stereocenters. The van der Waals surface area contributed by atoms with Crippen LogP contribution < -0.4 is 0 Å². The third-order valence-corrected chi connectivity index (χ3v) is 5.24. The Morgan fingerprint density at radius 3 is 2.48 bits per heavy atom. The van der Waals surface area contributed by atoms with Gasteiger partial charge in [0.05, 0.1) is 10.9 Å². The number of piperazine rings is 1. The summed E-state index contributed by atoms with van der Waals surface area (Å²) in [4.78, 5) is 20.2. The minimum absolute atomic E-state index is 0.203. The lowest BCUT2D eigenvalue weighted by atomic mass is 10.2. The molecule has 2 rings (SSSR count). The molecule has 0 bridgehead atoms. The van der Waals surface area contributed by atoms with Gasteiger partial charge in [0.15, 0.2) is 0 Å². The molecule has 1 aromatic heterocycles. The Hall–Kier alpha value is -0.880. The molecule has 0 spiro atoms. The fourth-order valence-electron chi connectivity index (χ4n) is 2.76. The van der Waals surface area contributed by atoms with Crippen LogP contribution >= 0.6 is 22.9 Å². The lowest BCUT2D eigenvalue weighted by Gasteiger charge is -2.35. The molecule has 4 nitrogen and oxygen atoms in total. The molecule has 23 heavy (non-hydrogen) atoms. The van der Waals surface area contributed by atoms with Crippen molar-refractivity contribution >= 4 is 28.8 Å². The van der Waals surface area contributed by atoms with Crippen molar-refractivity contribution < 1.29 is 4.79 Å². The van der Waals surface area contributed by atoms with Crippen LogP contribution in [0.3, 0.4) is 0 Å². The Labute approximate surface area is 148 Å². The topological polar surface area (TPSA) is 26.8 Å². The Morgan fingerprint density at radius 2 is 1.96 bits per heavy atom. The molecule has 1 saturated heterocycles. The number of rotatable bonds is 7. The quantitative estimate of drug-likeness (QED) is 0.703. The van der Waals surface area contributed by atoms with Gasteiger partial charge in [0.1, 0.15) is 0 Å². The van der Waals surface area contributed by atoms with E-state index in [0.29, 0.717) is 13.1 Å². The summed E-state index contributed by atoms with van der Waals surface area (Å²) in [6.07, 6.45) is 0. The van der Waals surface area contributed by atoms with Gasteiger partial charge in [-0.3, -0.25) is 14.6 Å². The average Bonchev–Trinajstić information content (AvgIpc) is 2.91. The van der Waals surface area contributed by atoms with Crippen LogP contribution in [0.4, 0.5) is 0 Å². The van der Waals surface area contributed by atoms with E-state index in [1.54, 1.807) is 11.3 Å². The van der Waals surface area contributed by atoms with Crippen LogP contribution in [0.2, 0.25) is 4.34 Å². The van der Waals surface area contributed by atoms with Gasteiger partial charge < -0.3 is 4.90 Å². The maximum atomic E-state index is 12.4. The first-order valence-electron chi connectivity index (χ1n) is 8.09. The van der Waals surface area contributed by atoms with Crippen LogP contribution in [-0.4, -0.2) is 66.4 Å². The normalized spacial score (nSPS) is 16.5. The van der Waals surface area contributed by atoms with Gasteiger partial charge in [0.25, 0.3) is 0 Å². The molecular weight excluding hydrogens is 330 g/mol. The van der Waals surface area contributed by atoms with E-state index in [4.69, 9.17) is 11.6 Å². The van der Waals surface area contributed by atoms with E-state index in [1.807, 2.05) is 24.8 Å². The molecule has 1 aliphatic heterocycles. The van der Waals surface area contributed by atoms with Crippen LogP contribution in [0.1, 0.15) is 18.7 Å². The minimum atomic E-state index is 0.203. The standard InChI is InChI=1S/C17H26ClN3OS/c1-4-21(11-14(2)3)17(22)13-20-9-7-19(8-10-20)12-15-5-6-16(18)23-15/h5-6H,2,4,7-13H2,1,3H3. The number of amides is 1. The minimum Gasteiger partial charge on any atom is -0.338 e. The molecule has 2 heterocycles. The lowest BCUT2D eigenvalue weighted by Crippen LogP contribution is -2.49. The highest BCUT2D eigenvalue weighted by atomic mass is 35.5. The molecule has 1 fully saturated rings. The zero-order valence-electron chi connectivity index (χ0n) is 14.1. The number of hydrogen-bond acceptors (Lipinski definition) is 4. The highest BCUT2D eigenvalue weighted by Crippen LogP contribution is 2.23. The molecule has 0 atom stereocenters. The number of hydrogen-bond donors (Lipinski definition) is 0. The highest BCUT2D eigenvalue weighted by molar-refractivity contribution is 7.16. The van der Waals surface area contributed by atoms with Gasteiger partial charge in [-0.05, 0) is 26.0 Å². The van der Waals surface area contributed by atoms with Gasteiger partial charge in [-0.2, -0.15) is 0 Å². The van der Waals surface area contributed by atoms with Gasteiger partial charge in [-0.25, -0.2) is 0 Å². The summed E-state index contributed by atoms with van der Waals surface area (Å²) in [7, 11) is 0. The van der Waals surface area contributed by atoms with E-state index >= 15 is 0 Å². The van der Waals surface area contributed by atoms with Gasteiger partial charge in [0, 0.05) is 50.7 Å². The molecule has 0 aliphatic carbocycles. The molecule has 128 valence electrons. The van der Waals surface area contributed by atoms with Crippen molar-refractivity contribution in [2.24, 2.45) is 0 Å². The second kappa shape index (κ2) is 8.83. The molecule has 6 heteroatoms. The first-order chi connectivity index (χ1) is 11.0. The molecule has 1 aromatic rings. The maximum Gasteiger partial charge on any atom is 0.237 e. The Balaban J connectivity index is 1.75. The molecule has 0 aromatic carbocycles. The van der Waals surface area contributed by atoms with E-state index in [9.17, 15) is 4.79 Å². The van der Waals surface area contributed by atoms with Crippen molar-refractivity contribution in [3.63, 3.8) is 0 Å². The van der Waals surface area contributed by atoms with Crippen LogP contribution in [0, 0.1) is 0 Å². The first-order valence-corrected chi connectivity index (χ1v) is 9.28. The van der Waals surface area contributed by atoms with Crippen molar-refractivity contribution in [1.82, 2.24) is 14.7 Å². The first kappa shape index (κ1) is 18.5. The van der Waals surface area contributed by atoms with Crippen LogP contribution in [0.15, 0.2) is 24.3 Å². The smallest absolute Gasteiger partial charge is 0.237 e. The fraction of sp³-hybridized carbons (Fsp3) is 0.588. The largest absolute Gasteiger partial charge is 0.338 e. The Bertz CT molecular complexity index is 538. The molecule has 1 amide bonds. The zero-order valence-corrected chi connectivity index (χ0v) is 15.6. The summed E-state index contributed by atoms with van der Waals surface area (Å²) in [5.41, 5.74) is 1.03.